The van der Waals surface area contributed by atoms with E-state index < -0.39 is 11.9 Å². The third-order valence-electron chi connectivity index (χ3n) is 3.00. The summed E-state index contributed by atoms with van der Waals surface area (Å²) in [5.74, 6) is -1.35. The van der Waals surface area contributed by atoms with Gasteiger partial charge in [0.1, 0.15) is 5.71 Å². The lowest BCUT2D eigenvalue weighted by atomic mass is 10.1. The first-order valence-corrected chi connectivity index (χ1v) is 7.38. The normalized spacial score (nSPS) is 10.2. The highest BCUT2D eigenvalue weighted by Gasteiger charge is 2.11. The third kappa shape index (κ3) is 11.6. The lowest BCUT2D eigenvalue weighted by molar-refractivity contribution is -0.155. The topological polar surface area (TPSA) is 67.2 Å². The van der Waals surface area contributed by atoms with Crippen LogP contribution in [0, 0.1) is 5.41 Å². The highest BCUT2D eigenvalue weighted by Crippen LogP contribution is 2.10. The van der Waals surface area contributed by atoms with Crippen LogP contribution >= 0.6 is 0 Å². The van der Waals surface area contributed by atoms with Gasteiger partial charge in [-0.3, -0.25) is 10.2 Å². The second-order valence-electron chi connectivity index (χ2n) is 4.96. The van der Waals surface area contributed by atoms with Gasteiger partial charge in [-0.05, 0) is 13.3 Å². The molecule has 19 heavy (non-hydrogen) atoms. The van der Waals surface area contributed by atoms with E-state index in [0.717, 1.165) is 19.3 Å². The van der Waals surface area contributed by atoms with Crippen molar-refractivity contribution in [3.63, 3.8) is 0 Å². The summed E-state index contributed by atoms with van der Waals surface area (Å²) in [5.41, 5.74) is -0.236. The number of carbonyl (C=O) groups excluding carboxylic acids is 2. The summed E-state index contributed by atoms with van der Waals surface area (Å²) in [7, 11) is 0. The molecule has 0 aromatic rings. The van der Waals surface area contributed by atoms with Crippen molar-refractivity contribution in [2.24, 2.45) is 0 Å². The minimum atomic E-state index is -0.832. The molecule has 0 saturated heterocycles. The molecule has 0 heterocycles. The molecule has 0 aliphatic carbocycles. The summed E-state index contributed by atoms with van der Waals surface area (Å²) in [6.45, 7) is 3.53. The number of carbonyl (C=O) groups is 2. The first-order valence-electron chi connectivity index (χ1n) is 7.38. The van der Waals surface area contributed by atoms with Gasteiger partial charge in [-0.15, -0.1) is 0 Å². The lowest BCUT2D eigenvalue weighted by Gasteiger charge is -2.02. The van der Waals surface area contributed by atoms with E-state index in [-0.39, 0.29) is 12.1 Å². The Morgan fingerprint density at radius 3 is 1.84 bits per heavy atom. The Hall–Kier alpha value is -1.19. The molecule has 0 aliphatic heterocycles. The van der Waals surface area contributed by atoms with Crippen molar-refractivity contribution in [3.05, 3.63) is 0 Å². The molecule has 110 valence electrons. The van der Waals surface area contributed by atoms with Crippen LogP contribution in [-0.4, -0.2) is 17.7 Å². The number of ether oxygens (including phenoxy) is 1. The fourth-order valence-corrected chi connectivity index (χ4v) is 1.81. The van der Waals surface area contributed by atoms with Crippen molar-refractivity contribution in [3.8, 4) is 0 Å². The molecular weight excluding hydrogens is 242 g/mol. The summed E-state index contributed by atoms with van der Waals surface area (Å²) < 4.78 is 4.48. The zero-order valence-corrected chi connectivity index (χ0v) is 12.3. The number of hydrogen-bond acceptors (Lipinski definition) is 4. The van der Waals surface area contributed by atoms with E-state index in [1.165, 1.54) is 45.4 Å². The standard InChI is InChI=1S/C15H27NO3/c1-3-4-5-6-7-8-9-10-11-12-14(17)19-15(18)13(2)16/h16H,3-12H2,1-2H3. The van der Waals surface area contributed by atoms with E-state index in [2.05, 4.69) is 11.7 Å². The largest absolute Gasteiger partial charge is 0.389 e. The van der Waals surface area contributed by atoms with Gasteiger partial charge in [0.25, 0.3) is 0 Å². The number of nitrogens with one attached hydrogen (secondary N) is 1. The molecule has 0 unspecified atom stereocenters. The van der Waals surface area contributed by atoms with E-state index in [1.807, 2.05) is 0 Å². The summed E-state index contributed by atoms with van der Waals surface area (Å²) in [6.07, 6.45) is 10.9. The smallest absolute Gasteiger partial charge is 0.359 e. The van der Waals surface area contributed by atoms with Crippen molar-refractivity contribution in [2.45, 2.75) is 78.1 Å². The Morgan fingerprint density at radius 2 is 1.37 bits per heavy atom. The predicted octanol–water partition coefficient (Wildman–Crippen LogP) is 4.02. The van der Waals surface area contributed by atoms with Crippen molar-refractivity contribution < 1.29 is 14.3 Å². The number of unbranched alkanes of at least 4 members (excludes halogenated alkanes) is 8. The average molecular weight is 269 g/mol. The first-order chi connectivity index (χ1) is 9.07. The van der Waals surface area contributed by atoms with Crippen LogP contribution in [0.5, 0.6) is 0 Å². The maximum absolute atomic E-state index is 11.2. The minimum Gasteiger partial charge on any atom is -0.389 e. The quantitative estimate of drug-likeness (QED) is 0.266. The van der Waals surface area contributed by atoms with Crippen LogP contribution < -0.4 is 0 Å². The van der Waals surface area contributed by atoms with Crippen LogP contribution in [0.2, 0.25) is 0 Å². The molecule has 1 N–H and O–H groups in total. The average Bonchev–Trinajstić information content (AvgIpc) is 2.36. The lowest BCUT2D eigenvalue weighted by Crippen LogP contribution is -2.17. The van der Waals surface area contributed by atoms with Crippen molar-refractivity contribution in [2.75, 3.05) is 0 Å². The molecule has 0 atom stereocenters. The Kier molecular flexibility index (Phi) is 11.1. The van der Waals surface area contributed by atoms with Gasteiger partial charge in [0, 0.05) is 6.42 Å². The van der Waals surface area contributed by atoms with Gasteiger partial charge in [0.05, 0.1) is 0 Å². The van der Waals surface area contributed by atoms with E-state index in [9.17, 15) is 9.59 Å². The van der Waals surface area contributed by atoms with E-state index in [4.69, 9.17) is 5.41 Å². The van der Waals surface area contributed by atoms with Gasteiger partial charge in [0.2, 0.25) is 0 Å². The molecule has 0 saturated carbocycles. The Labute approximate surface area is 116 Å². The van der Waals surface area contributed by atoms with E-state index in [1.54, 1.807) is 0 Å². The van der Waals surface area contributed by atoms with Gasteiger partial charge >= 0.3 is 11.9 Å². The first kappa shape index (κ1) is 17.8. The van der Waals surface area contributed by atoms with Gasteiger partial charge in [-0.1, -0.05) is 58.3 Å². The summed E-state index contributed by atoms with van der Waals surface area (Å²) in [6, 6.07) is 0. The Balaban J connectivity index is 3.32. The highest BCUT2D eigenvalue weighted by molar-refractivity contribution is 6.35. The van der Waals surface area contributed by atoms with Gasteiger partial charge in [-0.2, -0.15) is 0 Å². The summed E-state index contributed by atoms with van der Waals surface area (Å²) in [5, 5.41) is 7.00. The molecule has 0 amide bonds. The molecule has 0 radical (unpaired) electrons. The molecular formula is C15H27NO3. The Bertz CT molecular complexity index is 287. The number of esters is 2. The van der Waals surface area contributed by atoms with E-state index in [0.29, 0.717) is 0 Å². The monoisotopic (exact) mass is 269 g/mol. The third-order valence-corrected chi connectivity index (χ3v) is 3.00. The molecule has 0 aromatic carbocycles. The zero-order chi connectivity index (χ0) is 14.5. The highest BCUT2D eigenvalue weighted by atomic mass is 16.6. The maximum Gasteiger partial charge on any atom is 0.359 e. The van der Waals surface area contributed by atoms with Crippen LogP contribution in [0.1, 0.15) is 78.1 Å². The van der Waals surface area contributed by atoms with Crippen LogP contribution in [0.25, 0.3) is 0 Å². The van der Waals surface area contributed by atoms with E-state index >= 15 is 0 Å². The maximum atomic E-state index is 11.2. The van der Waals surface area contributed by atoms with Crippen LogP contribution in [0.3, 0.4) is 0 Å². The molecule has 0 rings (SSSR count). The molecule has 0 aromatic heterocycles. The van der Waals surface area contributed by atoms with Crippen molar-refractivity contribution >= 4 is 17.7 Å². The fraction of sp³-hybridized carbons (Fsp3) is 0.800. The van der Waals surface area contributed by atoms with Crippen molar-refractivity contribution in [1.82, 2.24) is 0 Å². The number of rotatable bonds is 11. The predicted molar refractivity (Wildman–Crippen MR) is 76.3 cm³/mol. The molecule has 4 nitrogen and oxygen atoms in total. The fourth-order valence-electron chi connectivity index (χ4n) is 1.81. The SMILES string of the molecule is CCCCCCCCCCCC(=O)OC(=O)C(C)=N. The molecule has 0 fully saturated rings. The zero-order valence-electron chi connectivity index (χ0n) is 12.3. The van der Waals surface area contributed by atoms with Gasteiger partial charge in [0.15, 0.2) is 0 Å². The summed E-state index contributed by atoms with van der Waals surface area (Å²) in [4.78, 5) is 22.2. The van der Waals surface area contributed by atoms with Crippen LogP contribution in [0.4, 0.5) is 0 Å². The number of hydrogen-bond donors (Lipinski definition) is 1. The Morgan fingerprint density at radius 1 is 0.895 bits per heavy atom. The second-order valence-corrected chi connectivity index (χ2v) is 4.96. The minimum absolute atomic E-state index is 0.236. The molecule has 4 heteroatoms. The molecule has 0 bridgehead atoms. The molecule has 0 spiro atoms. The van der Waals surface area contributed by atoms with Crippen molar-refractivity contribution in [1.29, 1.82) is 5.41 Å². The van der Waals surface area contributed by atoms with Crippen LogP contribution in [-0.2, 0) is 14.3 Å². The van der Waals surface area contributed by atoms with Crippen LogP contribution in [0.15, 0.2) is 0 Å². The summed E-state index contributed by atoms with van der Waals surface area (Å²) >= 11 is 0. The van der Waals surface area contributed by atoms with Gasteiger partial charge in [-0.25, -0.2) is 4.79 Å². The second kappa shape index (κ2) is 11.9. The van der Waals surface area contributed by atoms with Gasteiger partial charge < -0.3 is 4.74 Å². The molecule has 0 aliphatic rings.